The Labute approximate surface area is 106 Å². The van der Waals surface area contributed by atoms with Crippen LogP contribution in [0.5, 0.6) is 0 Å². The summed E-state index contributed by atoms with van der Waals surface area (Å²) in [6.45, 7) is 6.81. The van der Waals surface area contributed by atoms with Crippen molar-refractivity contribution in [3.05, 3.63) is 0 Å². The van der Waals surface area contributed by atoms with Crippen LogP contribution in [0.25, 0.3) is 0 Å². The molecule has 17 heavy (non-hydrogen) atoms. The van der Waals surface area contributed by atoms with E-state index in [-0.39, 0.29) is 18.6 Å². The number of rotatable bonds is 6. The third kappa shape index (κ3) is 4.26. The molecule has 0 aliphatic heterocycles. The Balaban J connectivity index is 2.44. The zero-order chi connectivity index (χ0) is 12.9. The molecule has 0 heterocycles. The van der Waals surface area contributed by atoms with Crippen LogP contribution in [0.15, 0.2) is 0 Å². The molecule has 1 aliphatic rings. The normalized spacial score (nSPS) is 35.8. The number of aliphatic hydroxyl groups excluding tert-OH is 2. The molecular formula is C15H30O2. The minimum atomic E-state index is -0.211. The van der Waals surface area contributed by atoms with Gasteiger partial charge in [-0.1, -0.05) is 40.0 Å². The summed E-state index contributed by atoms with van der Waals surface area (Å²) in [5, 5.41) is 19.4. The van der Waals surface area contributed by atoms with Gasteiger partial charge in [-0.15, -0.1) is 0 Å². The number of aliphatic hydroxyl groups is 2. The Kier molecular flexibility index (Phi) is 5.94. The van der Waals surface area contributed by atoms with Crippen LogP contribution in [0.4, 0.5) is 0 Å². The lowest BCUT2D eigenvalue weighted by molar-refractivity contribution is -0.0267. The molecular weight excluding hydrogens is 212 g/mol. The fraction of sp³-hybridized carbons (Fsp3) is 1.00. The van der Waals surface area contributed by atoms with Gasteiger partial charge >= 0.3 is 0 Å². The fourth-order valence-electron chi connectivity index (χ4n) is 3.29. The molecule has 2 heteroatoms. The summed E-state index contributed by atoms with van der Waals surface area (Å²) < 4.78 is 0. The summed E-state index contributed by atoms with van der Waals surface area (Å²) in [5.41, 5.74) is 0.334. The number of unbranched alkanes of at least 4 members (excludes halogenated alkanes) is 2. The number of hydrogen-bond donors (Lipinski definition) is 2. The molecule has 0 aromatic rings. The largest absolute Gasteiger partial charge is 0.396 e. The smallest absolute Gasteiger partial charge is 0.0577 e. The summed E-state index contributed by atoms with van der Waals surface area (Å²) in [5.74, 6) is 0.546. The highest BCUT2D eigenvalue weighted by molar-refractivity contribution is 4.89. The Hall–Kier alpha value is -0.0800. The maximum Gasteiger partial charge on any atom is 0.0577 e. The molecule has 0 spiro atoms. The summed E-state index contributed by atoms with van der Waals surface area (Å²) >= 11 is 0. The van der Waals surface area contributed by atoms with Gasteiger partial charge in [0.25, 0.3) is 0 Å². The van der Waals surface area contributed by atoms with Gasteiger partial charge in [0.05, 0.1) is 6.10 Å². The Bertz CT molecular complexity index is 217. The molecule has 4 unspecified atom stereocenters. The van der Waals surface area contributed by atoms with Crippen LogP contribution in [-0.4, -0.2) is 22.9 Å². The van der Waals surface area contributed by atoms with E-state index in [1.54, 1.807) is 0 Å². The summed E-state index contributed by atoms with van der Waals surface area (Å²) in [7, 11) is 0. The van der Waals surface area contributed by atoms with E-state index in [1.807, 2.05) is 6.92 Å². The van der Waals surface area contributed by atoms with Crippen molar-refractivity contribution in [1.29, 1.82) is 0 Å². The van der Waals surface area contributed by atoms with Gasteiger partial charge in [0.2, 0.25) is 0 Å². The molecule has 4 atom stereocenters. The first-order valence-electron chi connectivity index (χ1n) is 7.31. The van der Waals surface area contributed by atoms with E-state index in [4.69, 9.17) is 0 Å². The van der Waals surface area contributed by atoms with Crippen molar-refractivity contribution in [3.63, 3.8) is 0 Å². The monoisotopic (exact) mass is 242 g/mol. The molecule has 1 saturated carbocycles. The predicted octanol–water partition coefficient (Wildman–Crippen LogP) is 3.36. The highest BCUT2D eigenvalue weighted by atomic mass is 16.3. The molecule has 102 valence electrons. The molecule has 0 bridgehead atoms. The van der Waals surface area contributed by atoms with Crippen LogP contribution in [0.2, 0.25) is 0 Å². The van der Waals surface area contributed by atoms with Crippen molar-refractivity contribution in [1.82, 2.24) is 0 Å². The zero-order valence-electron chi connectivity index (χ0n) is 11.8. The van der Waals surface area contributed by atoms with E-state index in [0.29, 0.717) is 11.3 Å². The topological polar surface area (TPSA) is 40.5 Å². The lowest BCUT2D eigenvalue weighted by Gasteiger charge is -2.42. The Morgan fingerprint density at radius 2 is 2.06 bits per heavy atom. The highest BCUT2D eigenvalue weighted by Gasteiger charge is 2.38. The Morgan fingerprint density at radius 3 is 2.59 bits per heavy atom. The lowest BCUT2D eigenvalue weighted by Crippen LogP contribution is -2.39. The second-order valence-electron chi connectivity index (χ2n) is 6.40. The fourth-order valence-corrected chi connectivity index (χ4v) is 3.29. The maximum absolute atomic E-state index is 10.3. The first kappa shape index (κ1) is 15.0. The van der Waals surface area contributed by atoms with Crippen LogP contribution in [0, 0.1) is 17.3 Å². The van der Waals surface area contributed by atoms with Crippen molar-refractivity contribution >= 4 is 0 Å². The van der Waals surface area contributed by atoms with Crippen molar-refractivity contribution in [2.75, 3.05) is 6.61 Å². The maximum atomic E-state index is 10.3. The molecule has 1 aliphatic carbocycles. The van der Waals surface area contributed by atoms with Crippen molar-refractivity contribution in [2.24, 2.45) is 17.3 Å². The van der Waals surface area contributed by atoms with E-state index >= 15 is 0 Å². The average Bonchev–Trinajstić information content (AvgIpc) is 2.28. The highest BCUT2D eigenvalue weighted by Crippen LogP contribution is 2.44. The standard InChI is InChI=1S/C15H30O2/c1-4-5-6-8-15(3)9-7-13(12(2)11-16)14(17)10-15/h12-14,16-17H,4-11H2,1-3H3. The van der Waals surface area contributed by atoms with E-state index in [0.717, 1.165) is 12.8 Å². The van der Waals surface area contributed by atoms with Crippen LogP contribution in [0.3, 0.4) is 0 Å². The SMILES string of the molecule is CCCCCC1(C)CCC(C(C)CO)C(O)C1. The first-order valence-corrected chi connectivity index (χ1v) is 7.31. The molecule has 2 N–H and O–H groups in total. The Morgan fingerprint density at radius 1 is 1.35 bits per heavy atom. The quantitative estimate of drug-likeness (QED) is 0.701. The van der Waals surface area contributed by atoms with Gasteiger partial charge in [0, 0.05) is 6.61 Å². The van der Waals surface area contributed by atoms with Crippen LogP contribution in [-0.2, 0) is 0 Å². The van der Waals surface area contributed by atoms with Gasteiger partial charge in [-0.25, -0.2) is 0 Å². The third-order valence-electron chi connectivity index (χ3n) is 4.68. The zero-order valence-corrected chi connectivity index (χ0v) is 11.8. The minimum absolute atomic E-state index is 0.203. The molecule has 0 amide bonds. The predicted molar refractivity (Wildman–Crippen MR) is 71.8 cm³/mol. The van der Waals surface area contributed by atoms with E-state index < -0.39 is 0 Å². The number of hydrogen-bond acceptors (Lipinski definition) is 2. The van der Waals surface area contributed by atoms with Crippen LogP contribution >= 0.6 is 0 Å². The summed E-state index contributed by atoms with van der Waals surface area (Å²) in [6, 6.07) is 0. The molecule has 1 rings (SSSR count). The second kappa shape index (κ2) is 6.75. The summed E-state index contributed by atoms with van der Waals surface area (Å²) in [4.78, 5) is 0. The van der Waals surface area contributed by atoms with Gasteiger partial charge in [-0.05, 0) is 42.9 Å². The summed E-state index contributed by atoms with van der Waals surface area (Å²) in [6.07, 6.45) is 8.11. The van der Waals surface area contributed by atoms with E-state index in [2.05, 4.69) is 13.8 Å². The lowest BCUT2D eigenvalue weighted by atomic mass is 9.65. The van der Waals surface area contributed by atoms with Gasteiger partial charge in [-0.2, -0.15) is 0 Å². The van der Waals surface area contributed by atoms with Gasteiger partial charge in [-0.3, -0.25) is 0 Å². The van der Waals surface area contributed by atoms with Gasteiger partial charge < -0.3 is 10.2 Å². The molecule has 0 aromatic heterocycles. The molecule has 0 aromatic carbocycles. The second-order valence-corrected chi connectivity index (χ2v) is 6.40. The van der Waals surface area contributed by atoms with Crippen molar-refractivity contribution in [2.45, 2.75) is 71.8 Å². The minimum Gasteiger partial charge on any atom is -0.396 e. The van der Waals surface area contributed by atoms with Gasteiger partial charge in [0.1, 0.15) is 0 Å². The first-order chi connectivity index (χ1) is 8.02. The van der Waals surface area contributed by atoms with E-state index in [1.165, 1.54) is 32.1 Å². The average molecular weight is 242 g/mol. The third-order valence-corrected chi connectivity index (χ3v) is 4.68. The van der Waals surface area contributed by atoms with Gasteiger partial charge in [0.15, 0.2) is 0 Å². The molecule has 2 nitrogen and oxygen atoms in total. The molecule has 0 saturated heterocycles. The van der Waals surface area contributed by atoms with E-state index in [9.17, 15) is 10.2 Å². The van der Waals surface area contributed by atoms with Crippen LogP contribution in [0.1, 0.15) is 65.7 Å². The molecule has 0 radical (unpaired) electrons. The van der Waals surface area contributed by atoms with Crippen LogP contribution < -0.4 is 0 Å². The van der Waals surface area contributed by atoms with Crippen molar-refractivity contribution in [3.8, 4) is 0 Å². The van der Waals surface area contributed by atoms with Crippen molar-refractivity contribution < 1.29 is 10.2 Å². The molecule has 1 fully saturated rings.